The molecule has 18 heavy (non-hydrogen) atoms. The molecule has 0 amide bonds. The molecule has 106 valence electrons. The minimum Gasteiger partial charge on any atom is -0.321 e. The second-order valence-corrected chi connectivity index (χ2v) is 9.61. The van der Waals surface area contributed by atoms with Gasteiger partial charge in [0.2, 0.25) is 0 Å². The third-order valence-corrected chi connectivity index (χ3v) is 8.62. The van der Waals surface area contributed by atoms with Gasteiger partial charge in [-0.2, -0.15) is 8.15 Å². The van der Waals surface area contributed by atoms with Gasteiger partial charge in [0.15, 0.2) is 0 Å². The van der Waals surface area contributed by atoms with Crippen molar-refractivity contribution in [3.63, 3.8) is 0 Å². The molecule has 0 bridgehead atoms. The summed E-state index contributed by atoms with van der Waals surface area (Å²) >= 11 is 0. The average Bonchev–Trinajstić information content (AvgIpc) is 2.46. The molecule has 2 aliphatic heterocycles. The lowest BCUT2D eigenvalue weighted by Crippen LogP contribution is -2.15. The van der Waals surface area contributed by atoms with Gasteiger partial charge in [0.05, 0.1) is 26.4 Å². The predicted octanol–water partition coefficient (Wildman–Crippen LogP) is 3.39. The van der Waals surface area contributed by atoms with Crippen LogP contribution in [0.3, 0.4) is 0 Å². The van der Waals surface area contributed by atoms with E-state index in [0.717, 1.165) is 39.3 Å². The molecule has 0 saturated carbocycles. The highest BCUT2D eigenvalue weighted by atomic mass is 33.1. The molecule has 0 unspecified atom stereocenters. The Balaban J connectivity index is 1.66. The Labute approximate surface area is 119 Å². The molecular weight excluding hydrogens is 314 g/mol. The first kappa shape index (κ1) is 15.7. The SMILES string of the molecule is CN(SSN(C)P1OCCCO1)P1OCCCO1. The maximum Gasteiger partial charge on any atom is 0.269 e. The van der Waals surface area contributed by atoms with E-state index >= 15 is 0 Å². The lowest BCUT2D eigenvalue weighted by molar-refractivity contribution is 0.167. The van der Waals surface area contributed by atoms with E-state index in [1.807, 2.05) is 22.2 Å². The summed E-state index contributed by atoms with van der Waals surface area (Å²) < 4.78 is 26.4. The Kier molecular flexibility index (Phi) is 7.48. The highest BCUT2D eigenvalue weighted by Gasteiger charge is 2.26. The van der Waals surface area contributed by atoms with Crippen molar-refractivity contribution in [2.45, 2.75) is 12.8 Å². The lowest BCUT2D eigenvalue weighted by Gasteiger charge is -2.31. The van der Waals surface area contributed by atoms with Crippen molar-refractivity contribution in [1.82, 2.24) is 8.15 Å². The number of rotatable bonds is 5. The van der Waals surface area contributed by atoms with Gasteiger partial charge in [-0.15, -0.1) is 0 Å². The minimum absolute atomic E-state index is 0.788. The zero-order valence-corrected chi connectivity index (χ0v) is 13.9. The molecule has 2 heterocycles. The summed E-state index contributed by atoms with van der Waals surface area (Å²) in [5.41, 5.74) is 0. The van der Waals surface area contributed by atoms with Crippen LogP contribution in [0.4, 0.5) is 0 Å². The molecule has 0 aromatic heterocycles. The van der Waals surface area contributed by atoms with Crippen LogP contribution in [-0.4, -0.2) is 48.7 Å². The van der Waals surface area contributed by atoms with Gasteiger partial charge in [0, 0.05) is 36.1 Å². The lowest BCUT2D eigenvalue weighted by atomic mass is 10.5. The van der Waals surface area contributed by atoms with Crippen molar-refractivity contribution in [3.05, 3.63) is 0 Å². The maximum atomic E-state index is 5.58. The van der Waals surface area contributed by atoms with Gasteiger partial charge in [-0.3, -0.25) is 0 Å². The van der Waals surface area contributed by atoms with Crippen LogP contribution in [0.25, 0.3) is 0 Å². The summed E-state index contributed by atoms with van der Waals surface area (Å²) in [4.78, 5) is 0. The highest BCUT2D eigenvalue weighted by Crippen LogP contribution is 2.55. The van der Waals surface area contributed by atoms with Gasteiger partial charge in [0.25, 0.3) is 17.1 Å². The summed E-state index contributed by atoms with van der Waals surface area (Å²) in [6.45, 7) is 3.15. The molecule has 2 saturated heterocycles. The number of hydrogen-bond donors (Lipinski definition) is 0. The van der Waals surface area contributed by atoms with Crippen molar-refractivity contribution in [2.75, 3.05) is 40.5 Å². The van der Waals surface area contributed by atoms with Crippen molar-refractivity contribution in [2.24, 2.45) is 0 Å². The van der Waals surface area contributed by atoms with E-state index in [9.17, 15) is 0 Å². The molecular formula is C8H18N2O4P2S2. The predicted molar refractivity (Wildman–Crippen MR) is 77.6 cm³/mol. The van der Waals surface area contributed by atoms with Crippen LogP contribution in [0.15, 0.2) is 0 Å². The largest absolute Gasteiger partial charge is 0.321 e. The zero-order valence-electron chi connectivity index (χ0n) is 10.5. The van der Waals surface area contributed by atoms with Crippen molar-refractivity contribution < 1.29 is 18.1 Å². The van der Waals surface area contributed by atoms with E-state index in [-0.39, 0.29) is 0 Å². The average molecular weight is 332 g/mol. The topological polar surface area (TPSA) is 43.4 Å². The van der Waals surface area contributed by atoms with Crippen molar-refractivity contribution in [3.8, 4) is 0 Å². The molecule has 6 nitrogen and oxygen atoms in total. The van der Waals surface area contributed by atoms with Crippen LogP contribution in [-0.2, 0) is 18.1 Å². The summed E-state index contributed by atoms with van der Waals surface area (Å²) in [6.07, 6.45) is 1.97. The van der Waals surface area contributed by atoms with Crippen molar-refractivity contribution in [1.29, 1.82) is 0 Å². The maximum absolute atomic E-state index is 5.58. The molecule has 2 fully saturated rings. The van der Waals surface area contributed by atoms with E-state index in [1.54, 1.807) is 22.0 Å². The van der Waals surface area contributed by atoms with Gasteiger partial charge in [-0.1, -0.05) is 0 Å². The van der Waals surface area contributed by atoms with Gasteiger partial charge in [-0.05, 0) is 12.8 Å². The second kappa shape index (κ2) is 8.57. The Morgan fingerprint density at radius 3 is 1.39 bits per heavy atom. The molecule has 0 spiro atoms. The number of nitrogens with zero attached hydrogens (tertiary/aromatic N) is 2. The normalized spacial score (nSPS) is 24.0. The van der Waals surface area contributed by atoms with E-state index in [1.165, 1.54) is 0 Å². The monoisotopic (exact) mass is 332 g/mol. The summed E-state index contributed by atoms with van der Waals surface area (Å²) in [5, 5.41) is 0. The van der Waals surface area contributed by atoms with Crippen LogP contribution in [0.2, 0.25) is 0 Å². The molecule has 0 N–H and O–H groups in total. The van der Waals surface area contributed by atoms with Crippen LogP contribution >= 0.6 is 39.0 Å². The van der Waals surface area contributed by atoms with Gasteiger partial charge < -0.3 is 18.1 Å². The standard InChI is InChI=1S/C8H18N2O4P2S2/c1-9(15-11-5-3-6-12-15)17-18-10(2)16-13-7-4-8-14-16/h3-8H2,1-2H3. The minimum atomic E-state index is -0.907. The molecule has 0 aliphatic carbocycles. The first-order valence-corrected chi connectivity index (χ1v) is 10.0. The van der Waals surface area contributed by atoms with E-state index < -0.39 is 17.1 Å². The van der Waals surface area contributed by atoms with E-state index in [2.05, 4.69) is 0 Å². The van der Waals surface area contributed by atoms with Gasteiger partial charge in [-0.25, -0.2) is 0 Å². The molecule has 2 aliphatic rings. The van der Waals surface area contributed by atoms with Gasteiger partial charge >= 0.3 is 0 Å². The first-order chi connectivity index (χ1) is 8.77. The summed E-state index contributed by atoms with van der Waals surface area (Å²) in [6, 6.07) is 0. The van der Waals surface area contributed by atoms with Crippen LogP contribution in [0.5, 0.6) is 0 Å². The number of hydrogen-bond acceptors (Lipinski definition) is 8. The molecule has 0 aromatic carbocycles. The molecule has 10 heteroatoms. The Morgan fingerprint density at radius 1 is 0.722 bits per heavy atom. The third-order valence-electron chi connectivity index (χ3n) is 2.09. The molecule has 0 radical (unpaired) electrons. The molecule has 0 atom stereocenters. The Bertz CT molecular complexity index is 221. The zero-order chi connectivity index (χ0) is 12.8. The fourth-order valence-corrected chi connectivity index (χ4v) is 6.47. The molecule has 2 rings (SSSR count). The Morgan fingerprint density at radius 2 is 1.06 bits per heavy atom. The second-order valence-electron chi connectivity index (χ2n) is 3.59. The first-order valence-electron chi connectivity index (χ1n) is 5.71. The van der Waals surface area contributed by atoms with E-state index in [4.69, 9.17) is 18.1 Å². The van der Waals surface area contributed by atoms with E-state index in [0.29, 0.717) is 0 Å². The Hall–Kier alpha value is 1.32. The van der Waals surface area contributed by atoms with Crippen LogP contribution in [0.1, 0.15) is 12.8 Å². The van der Waals surface area contributed by atoms with Gasteiger partial charge in [0.1, 0.15) is 0 Å². The summed E-state index contributed by atoms with van der Waals surface area (Å²) in [5.74, 6) is 0. The third kappa shape index (κ3) is 5.02. The quantitative estimate of drug-likeness (QED) is 0.431. The smallest absolute Gasteiger partial charge is 0.269 e. The van der Waals surface area contributed by atoms with Crippen LogP contribution in [0, 0.1) is 0 Å². The highest BCUT2D eigenvalue weighted by molar-refractivity contribution is 8.76. The van der Waals surface area contributed by atoms with Crippen LogP contribution < -0.4 is 0 Å². The molecule has 0 aromatic rings. The van der Waals surface area contributed by atoms with Crippen molar-refractivity contribution >= 4 is 39.0 Å². The fourth-order valence-electron chi connectivity index (χ4n) is 1.24. The summed E-state index contributed by atoms with van der Waals surface area (Å²) in [7, 11) is 5.35. The fraction of sp³-hybridized carbons (Fsp3) is 1.00.